The van der Waals surface area contributed by atoms with Gasteiger partial charge in [0.1, 0.15) is 0 Å². The highest BCUT2D eigenvalue weighted by Gasteiger charge is 2.34. The Labute approximate surface area is 113 Å². The third-order valence-electron chi connectivity index (χ3n) is 4.37. The quantitative estimate of drug-likeness (QED) is 0.721. The molecule has 0 atom stereocenters. The highest BCUT2D eigenvalue weighted by atomic mass is 16.5. The summed E-state index contributed by atoms with van der Waals surface area (Å²) in [7, 11) is 4.01. The molecule has 1 saturated carbocycles. The maximum absolute atomic E-state index is 5.18. The minimum Gasteiger partial charge on any atom is -0.383 e. The van der Waals surface area contributed by atoms with Gasteiger partial charge in [-0.3, -0.25) is 0 Å². The summed E-state index contributed by atoms with van der Waals surface area (Å²) in [5, 5.41) is 3.58. The van der Waals surface area contributed by atoms with Crippen LogP contribution in [0.25, 0.3) is 0 Å². The predicted molar refractivity (Wildman–Crippen MR) is 78.0 cm³/mol. The van der Waals surface area contributed by atoms with Crippen molar-refractivity contribution in [2.45, 2.75) is 39.5 Å². The van der Waals surface area contributed by atoms with Crippen molar-refractivity contribution in [1.29, 1.82) is 0 Å². The molecule has 3 heteroatoms. The minimum atomic E-state index is 0.491. The summed E-state index contributed by atoms with van der Waals surface area (Å²) in [6.07, 6.45) is 5.53. The van der Waals surface area contributed by atoms with Crippen LogP contribution in [-0.2, 0) is 4.74 Å². The summed E-state index contributed by atoms with van der Waals surface area (Å²) >= 11 is 0. The molecule has 0 radical (unpaired) electrons. The maximum atomic E-state index is 5.18. The predicted octanol–water partition coefficient (Wildman–Crippen LogP) is 2.37. The third kappa shape index (κ3) is 5.25. The Morgan fingerprint density at radius 3 is 2.56 bits per heavy atom. The van der Waals surface area contributed by atoms with Crippen LogP contribution in [0.15, 0.2) is 0 Å². The normalized spacial score (nSPS) is 28.8. The van der Waals surface area contributed by atoms with Crippen LogP contribution in [0, 0.1) is 11.3 Å². The zero-order chi connectivity index (χ0) is 13.4. The second-order valence-electron chi connectivity index (χ2n) is 6.19. The van der Waals surface area contributed by atoms with Crippen molar-refractivity contribution >= 4 is 0 Å². The summed E-state index contributed by atoms with van der Waals surface area (Å²) in [4.78, 5) is 2.44. The van der Waals surface area contributed by atoms with Crippen LogP contribution in [0.4, 0.5) is 0 Å². The third-order valence-corrected chi connectivity index (χ3v) is 4.37. The number of ether oxygens (including phenoxy) is 1. The second kappa shape index (κ2) is 8.13. The van der Waals surface area contributed by atoms with Gasteiger partial charge in [-0.1, -0.05) is 26.7 Å². The standard InChI is InChI=1S/C15H32N2O/c1-5-16-12-15(8-6-14(2)7-9-15)13-17(3)10-11-18-4/h14,16H,5-13H2,1-4H3. The van der Waals surface area contributed by atoms with Crippen molar-refractivity contribution in [1.82, 2.24) is 10.2 Å². The van der Waals surface area contributed by atoms with Gasteiger partial charge in [0, 0.05) is 26.7 Å². The lowest BCUT2D eigenvalue weighted by Crippen LogP contribution is -2.45. The lowest BCUT2D eigenvalue weighted by Gasteiger charge is -2.42. The van der Waals surface area contributed by atoms with E-state index in [9.17, 15) is 0 Å². The average molecular weight is 256 g/mol. The van der Waals surface area contributed by atoms with Gasteiger partial charge in [-0.25, -0.2) is 0 Å². The van der Waals surface area contributed by atoms with Crippen LogP contribution in [-0.4, -0.2) is 51.8 Å². The fourth-order valence-electron chi connectivity index (χ4n) is 3.05. The van der Waals surface area contributed by atoms with Gasteiger partial charge in [0.25, 0.3) is 0 Å². The van der Waals surface area contributed by atoms with E-state index in [1.807, 2.05) is 0 Å². The Kier molecular flexibility index (Phi) is 7.20. The van der Waals surface area contributed by atoms with Crippen molar-refractivity contribution in [3.8, 4) is 0 Å². The highest BCUT2D eigenvalue weighted by Crippen LogP contribution is 2.38. The van der Waals surface area contributed by atoms with E-state index in [-0.39, 0.29) is 0 Å². The molecule has 0 saturated heterocycles. The molecule has 0 bridgehead atoms. The zero-order valence-corrected chi connectivity index (χ0v) is 12.8. The molecule has 0 unspecified atom stereocenters. The molecule has 0 amide bonds. The molecule has 0 aliphatic heterocycles. The number of hydrogen-bond donors (Lipinski definition) is 1. The fourth-order valence-corrected chi connectivity index (χ4v) is 3.05. The van der Waals surface area contributed by atoms with Gasteiger partial charge in [-0.2, -0.15) is 0 Å². The molecule has 0 aromatic heterocycles. The van der Waals surface area contributed by atoms with Gasteiger partial charge in [-0.15, -0.1) is 0 Å². The van der Waals surface area contributed by atoms with E-state index in [0.29, 0.717) is 5.41 Å². The van der Waals surface area contributed by atoms with Crippen molar-refractivity contribution < 1.29 is 4.74 Å². The summed E-state index contributed by atoms with van der Waals surface area (Å²) < 4.78 is 5.18. The largest absolute Gasteiger partial charge is 0.383 e. The van der Waals surface area contributed by atoms with Gasteiger partial charge in [-0.05, 0) is 37.8 Å². The molecular formula is C15H32N2O. The second-order valence-corrected chi connectivity index (χ2v) is 6.19. The monoisotopic (exact) mass is 256 g/mol. The zero-order valence-electron chi connectivity index (χ0n) is 12.8. The van der Waals surface area contributed by atoms with E-state index in [0.717, 1.165) is 25.6 Å². The van der Waals surface area contributed by atoms with E-state index in [2.05, 4.69) is 31.1 Å². The SMILES string of the molecule is CCNCC1(CN(C)CCOC)CCC(C)CC1. The van der Waals surface area contributed by atoms with Crippen molar-refractivity contribution in [2.75, 3.05) is 46.9 Å². The number of rotatable bonds is 8. The van der Waals surface area contributed by atoms with Gasteiger partial charge >= 0.3 is 0 Å². The number of nitrogens with one attached hydrogen (secondary N) is 1. The van der Waals surface area contributed by atoms with E-state index in [1.165, 1.54) is 38.8 Å². The molecule has 1 aliphatic rings. The summed E-state index contributed by atoms with van der Waals surface area (Å²) in [6.45, 7) is 9.94. The Bertz CT molecular complexity index is 207. The highest BCUT2D eigenvalue weighted by molar-refractivity contribution is 4.88. The van der Waals surface area contributed by atoms with Gasteiger partial charge < -0.3 is 15.0 Å². The van der Waals surface area contributed by atoms with Crippen LogP contribution in [0.5, 0.6) is 0 Å². The van der Waals surface area contributed by atoms with E-state index >= 15 is 0 Å². The first kappa shape index (κ1) is 15.9. The average Bonchev–Trinajstić information content (AvgIpc) is 2.37. The summed E-state index contributed by atoms with van der Waals surface area (Å²) in [5.41, 5.74) is 0.491. The van der Waals surface area contributed by atoms with Crippen LogP contribution in [0.3, 0.4) is 0 Å². The lowest BCUT2D eigenvalue weighted by atomic mass is 9.70. The lowest BCUT2D eigenvalue weighted by molar-refractivity contribution is 0.0821. The maximum Gasteiger partial charge on any atom is 0.0589 e. The summed E-state index contributed by atoms with van der Waals surface area (Å²) in [6, 6.07) is 0. The number of nitrogens with zero attached hydrogens (tertiary/aromatic N) is 1. The van der Waals surface area contributed by atoms with Gasteiger partial charge in [0.05, 0.1) is 6.61 Å². The molecule has 1 N–H and O–H groups in total. The minimum absolute atomic E-state index is 0.491. The van der Waals surface area contributed by atoms with E-state index in [4.69, 9.17) is 4.74 Å². The topological polar surface area (TPSA) is 24.5 Å². The smallest absolute Gasteiger partial charge is 0.0589 e. The fraction of sp³-hybridized carbons (Fsp3) is 1.00. The molecule has 0 aromatic carbocycles. The van der Waals surface area contributed by atoms with Gasteiger partial charge in [0.2, 0.25) is 0 Å². The summed E-state index contributed by atoms with van der Waals surface area (Å²) in [5.74, 6) is 0.920. The molecule has 1 aliphatic carbocycles. The number of hydrogen-bond acceptors (Lipinski definition) is 3. The van der Waals surface area contributed by atoms with Gasteiger partial charge in [0.15, 0.2) is 0 Å². The number of likely N-dealkylation sites (N-methyl/N-ethyl adjacent to an activating group) is 1. The first-order chi connectivity index (χ1) is 8.62. The Morgan fingerprint density at radius 2 is 2.00 bits per heavy atom. The van der Waals surface area contributed by atoms with E-state index < -0.39 is 0 Å². The van der Waals surface area contributed by atoms with E-state index in [1.54, 1.807) is 7.11 Å². The molecule has 0 heterocycles. The van der Waals surface area contributed by atoms with Crippen LogP contribution < -0.4 is 5.32 Å². The van der Waals surface area contributed by atoms with Crippen LogP contribution in [0.2, 0.25) is 0 Å². The molecule has 108 valence electrons. The Hall–Kier alpha value is -0.120. The first-order valence-electron chi connectivity index (χ1n) is 7.50. The molecule has 1 rings (SSSR count). The molecule has 3 nitrogen and oxygen atoms in total. The molecule has 0 aromatic rings. The van der Waals surface area contributed by atoms with Crippen molar-refractivity contribution in [3.05, 3.63) is 0 Å². The molecule has 18 heavy (non-hydrogen) atoms. The van der Waals surface area contributed by atoms with Crippen molar-refractivity contribution in [3.63, 3.8) is 0 Å². The first-order valence-corrected chi connectivity index (χ1v) is 7.50. The molecular weight excluding hydrogens is 224 g/mol. The van der Waals surface area contributed by atoms with Crippen LogP contribution in [0.1, 0.15) is 39.5 Å². The van der Waals surface area contributed by atoms with Crippen molar-refractivity contribution in [2.24, 2.45) is 11.3 Å². The Morgan fingerprint density at radius 1 is 1.33 bits per heavy atom. The Balaban J connectivity index is 2.49. The van der Waals surface area contributed by atoms with Crippen LogP contribution >= 0.6 is 0 Å². The molecule has 1 fully saturated rings. The number of methoxy groups -OCH3 is 1. The molecule has 0 spiro atoms.